The lowest BCUT2D eigenvalue weighted by atomic mass is 10.2. The molecule has 0 unspecified atom stereocenters. The number of nitrogens with two attached hydrogens (primary N) is 1. The minimum absolute atomic E-state index is 0.548. The Morgan fingerprint density at radius 1 is 1.25 bits per heavy atom. The van der Waals surface area contributed by atoms with Crippen LogP contribution in [0.1, 0.15) is 17.0 Å². The fourth-order valence-corrected chi connectivity index (χ4v) is 2.59. The quantitative estimate of drug-likeness (QED) is 0.784. The third kappa shape index (κ3) is 1.93. The molecule has 0 aliphatic heterocycles. The predicted octanol–water partition coefficient (Wildman–Crippen LogP) is 1.61. The highest BCUT2D eigenvalue weighted by Crippen LogP contribution is 2.26. The van der Waals surface area contributed by atoms with Crippen LogP contribution in [-0.4, -0.2) is 24.3 Å². The van der Waals surface area contributed by atoms with Crippen LogP contribution in [0.2, 0.25) is 0 Å². The van der Waals surface area contributed by atoms with Gasteiger partial charge in [0, 0.05) is 31.9 Å². The second kappa shape index (κ2) is 4.63. The molecule has 104 valence electrons. The van der Waals surface area contributed by atoms with Crippen molar-refractivity contribution in [3.63, 3.8) is 0 Å². The van der Waals surface area contributed by atoms with Gasteiger partial charge in [-0.1, -0.05) is 0 Å². The van der Waals surface area contributed by atoms with Crippen LogP contribution in [0.3, 0.4) is 0 Å². The molecule has 0 saturated carbocycles. The highest BCUT2D eigenvalue weighted by Gasteiger charge is 2.15. The van der Waals surface area contributed by atoms with Gasteiger partial charge in [0.15, 0.2) is 0 Å². The molecular weight excluding hydrogens is 252 g/mol. The van der Waals surface area contributed by atoms with Gasteiger partial charge in [-0.15, -0.1) is 0 Å². The van der Waals surface area contributed by atoms with E-state index in [1.165, 1.54) is 12.0 Å². The smallest absolute Gasteiger partial charge is 0.145 e. The standard InChI is InChI=1S/C14H18N6/c1-9-10(2)20(7-5-11-4-6-19(3)18-11)14-12(9)13(15)16-8-17-14/h4,6,8H,5,7H2,1-3H3,(H2,15,16,17). The van der Waals surface area contributed by atoms with Crippen LogP contribution in [0.15, 0.2) is 18.6 Å². The van der Waals surface area contributed by atoms with Crippen LogP contribution in [0, 0.1) is 13.8 Å². The van der Waals surface area contributed by atoms with Gasteiger partial charge in [0.1, 0.15) is 17.8 Å². The summed E-state index contributed by atoms with van der Waals surface area (Å²) in [7, 11) is 1.93. The number of fused-ring (bicyclic) bond motifs is 1. The summed E-state index contributed by atoms with van der Waals surface area (Å²) in [6, 6.07) is 2.04. The maximum atomic E-state index is 5.97. The Morgan fingerprint density at radius 2 is 2.05 bits per heavy atom. The molecule has 0 aromatic carbocycles. The molecule has 0 spiro atoms. The van der Waals surface area contributed by atoms with E-state index in [1.54, 1.807) is 0 Å². The average Bonchev–Trinajstić information content (AvgIpc) is 2.93. The minimum atomic E-state index is 0.548. The van der Waals surface area contributed by atoms with Crippen LogP contribution in [0.5, 0.6) is 0 Å². The Bertz CT molecular complexity index is 767. The van der Waals surface area contributed by atoms with Crippen molar-refractivity contribution in [2.24, 2.45) is 7.05 Å². The molecule has 0 bridgehead atoms. The SMILES string of the molecule is Cc1c(C)n(CCc2ccn(C)n2)c2ncnc(N)c12. The summed E-state index contributed by atoms with van der Waals surface area (Å²) in [5.74, 6) is 0.548. The minimum Gasteiger partial charge on any atom is -0.383 e. The van der Waals surface area contributed by atoms with Crippen molar-refractivity contribution in [3.05, 3.63) is 35.5 Å². The maximum Gasteiger partial charge on any atom is 0.145 e. The zero-order valence-electron chi connectivity index (χ0n) is 12.0. The van der Waals surface area contributed by atoms with Gasteiger partial charge in [-0.3, -0.25) is 4.68 Å². The van der Waals surface area contributed by atoms with Crippen molar-refractivity contribution in [2.45, 2.75) is 26.8 Å². The second-order valence-corrected chi connectivity index (χ2v) is 5.05. The maximum absolute atomic E-state index is 5.97. The van der Waals surface area contributed by atoms with Gasteiger partial charge in [-0.25, -0.2) is 9.97 Å². The number of aryl methyl sites for hydroxylation is 4. The summed E-state index contributed by atoms with van der Waals surface area (Å²) in [6.45, 7) is 4.99. The van der Waals surface area contributed by atoms with Crippen LogP contribution in [0.4, 0.5) is 5.82 Å². The van der Waals surface area contributed by atoms with Gasteiger partial charge in [0.2, 0.25) is 0 Å². The van der Waals surface area contributed by atoms with Gasteiger partial charge in [-0.05, 0) is 25.5 Å². The van der Waals surface area contributed by atoms with Crippen LogP contribution >= 0.6 is 0 Å². The fourth-order valence-electron chi connectivity index (χ4n) is 2.59. The van der Waals surface area contributed by atoms with Crippen LogP contribution in [-0.2, 0) is 20.0 Å². The van der Waals surface area contributed by atoms with Gasteiger partial charge < -0.3 is 10.3 Å². The van der Waals surface area contributed by atoms with Crippen molar-refractivity contribution >= 4 is 16.9 Å². The van der Waals surface area contributed by atoms with Crippen molar-refractivity contribution in [1.82, 2.24) is 24.3 Å². The summed E-state index contributed by atoms with van der Waals surface area (Å²) < 4.78 is 4.01. The fraction of sp³-hybridized carbons (Fsp3) is 0.357. The lowest BCUT2D eigenvalue weighted by Gasteiger charge is -2.06. The molecule has 3 aromatic rings. The Kier molecular flexibility index (Phi) is 2.93. The molecular formula is C14H18N6. The summed E-state index contributed by atoms with van der Waals surface area (Å²) >= 11 is 0. The van der Waals surface area contributed by atoms with E-state index < -0.39 is 0 Å². The Morgan fingerprint density at radius 3 is 2.75 bits per heavy atom. The van der Waals surface area contributed by atoms with Crippen LogP contribution in [0.25, 0.3) is 11.0 Å². The van der Waals surface area contributed by atoms with E-state index in [2.05, 4.69) is 33.5 Å². The van der Waals surface area contributed by atoms with Crippen molar-refractivity contribution in [2.75, 3.05) is 5.73 Å². The number of hydrogen-bond acceptors (Lipinski definition) is 4. The normalized spacial score (nSPS) is 11.3. The molecule has 0 aliphatic rings. The molecule has 20 heavy (non-hydrogen) atoms. The first-order chi connectivity index (χ1) is 9.58. The molecule has 2 N–H and O–H groups in total. The van der Waals surface area contributed by atoms with E-state index in [0.29, 0.717) is 5.82 Å². The largest absolute Gasteiger partial charge is 0.383 e. The highest BCUT2D eigenvalue weighted by molar-refractivity contribution is 5.90. The predicted molar refractivity (Wildman–Crippen MR) is 78.3 cm³/mol. The van der Waals surface area contributed by atoms with Gasteiger partial charge >= 0.3 is 0 Å². The summed E-state index contributed by atoms with van der Waals surface area (Å²) in [5.41, 5.74) is 10.3. The van der Waals surface area contributed by atoms with Crippen LogP contribution < -0.4 is 5.73 Å². The van der Waals surface area contributed by atoms with Gasteiger partial charge in [-0.2, -0.15) is 5.10 Å². The molecule has 6 heteroatoms. The zero-order valence-corrected chi connectivity index (χ0v) is 12.0. The second-order valence-electron chi connectivity index (χ2n) is 5.05. The van der Waals surface area contributed by atoms with E-state index in [9.17, 15) is 0 Å². The molecule has 3 aromatic heterocycles. The first kappa shape index (κ1) is 12.7. The first-order valence-corrected chi connectivity index (χ1v) is 6.62. The first-order valence-electron chi connectivity index (χ1n) is 6.62. The van der Waals surface area contributed by atoms with Gasteiger partial charge in [0.25, 0.3) is 0 Å². The highest BCUT2D eigenvalue weighted by atomic mass is 15.2. The summed E-state index contributed by atoms with van der Waals surface area (Å²) in [4.78, 5) is 8.47. The third-order valence-electron chi connectivity index (χ3n) is 3.80. The summed E-state index contributed by atoms with van der Waals surface area (Å²) in [6.07, 6.45) is 4.35. The molecule has 0 saturated heterocycles. The Hall–Kier alpha value is -2.37. The molecule has 0 amide bonds. The van der Waals surface area contributed by atoms with Crippen molar-refractivity contribution in [3.8, 4) is 0 Å². The monoisotopic (exact) mass is 270 g/mol. The number of nitrogen functional groups attached to an aromatic ring is 1. The van der Waals surface area contributed by atoms with E-state index in [1.807, 2.05) is 24.0 Å². The number of nitrogens with zero attached hydrogens (tertiary/aromatic N) is 5. The van der Waals surface area contributed by atoms with Crippen molar-refractivity contribution in [1.29, 1.82) is 0 Å². The number of rotatable bonds is 3. The number of anilines is 1. The van der Waals surface area contributed by atoms with E-state index >= 15 is 0 Å². The Labute approximate surface area is 117 Å². The number of aromatic nitrogens is 5. The van der Waals surface area contributed by atoms with E-state index in [0.717, 1.165) is 35.3 Å². The van der Waals surface area contributed by atoms with E-state index in [4.69, 9.17) is 5.73 Å². The Balaban J connectivity index is 1.99. The topological polar surface area (TPSA) is 74.5 Å². The molecule has 6 nitrogen and oxygen atoms in total. The average molecular weight is 270 g/mol. The van der Waals surface area contributed by atoms with Crippen molar-refractivity contribution < 1.29 is 0 Å². The molecule has 0 fully saturated rings. The third-order valence-corrected chi connectivity index (χ3v) is 3.80. The lowest BCUT2D eigenvalue weighted by Crippen LogP contribution is -2.05. The number of hydrogen-bond donors (Lipinski definition) is 1. The molecule has 0 aliphatic carbocycles. The van der Waals surface area contributed by atoms with E-state index in [-0.39, 0.29) is 0 Å². The summed E-state index contributed by atoms with van der Waals surface area (Å²) in [5, 5.41) is 5.37. The lowest BCUT2D eigenvalue weighted by molar-refractivity contribution is 0.664. The molecule has 3 heterocycles. The molecule has 0 atom stereocenters. The molecule has 3 rings (SSSR count). The van der Waals surface area contributed by atoms with Gasteiger partial charge in [0.05, 0.1) is 11.1 Å². The zero-order chi connectivity index (χ0) is 14.3. The molecule has 0 radical (unpaired) electrons.